The molecule has 0 saturated carbocycles. The Labute approximate surface area is 227 Å². The summed E-state index contributed by atoms with van der Waals surface area (Å²) in [6.07, 6.45) is 0.522. The number of alkyl carbamates (subject to hydrolysis) is 1. The van der Waals surface area contributed by atoms with E-state index in [1.807, 2.05) is 36.4 Å². The van der Waals surface area contributed by atoms with Crippen LogP contribution in [0.2, 0.25) is 5.04 Å². The molecule has 0 spiro atoms. The van der Waals surface area contributed by atoms with Gasteiger partial charge >= 0.3 is 14.4 Å². The largest absolute Gasteiger partial charge is 0.534 e. The van der Waals surface area contributed by atoms with Gasteiger partial charge in [-0.05, 0) is 54.4 Å². The van der Waals surface area contributed by atoms with Crippen molar-refractivity contribution in [3.8, 4) is 5.75 Å². The maximum Gasteiger partial charge on any atom is 0.407 e. The zero-order valence-corrected chi connectivity index (χ0v) is 25.0. The van der Waals surface area contributed by atoms with Crippen LogP contribution in [0.1, 0.15) is 47.1 Å². The lowest BCUT2D eigenvalue weighted by Gasteiger charge is -2.43. The van der Waals surface area contributed by atoms with E-state index in [2.05, 4.69) is 55.1 Å². The van der Waals surface area contributed by atoms with Gasteiger partial charge < -0.3 is 14.5 Å². The summed E-state index contributed by atoms with van der Waals surface area (Å²) in [5, 5.41) is 4.70. The van der Waals surface area contributed by atoms with E-state index in [1.165, 1.54) is 0 Å². The highest BCUT2D eigenvalue weighted by Crippen LogP contribution is 2.39. The van der Waals surface area contributed by atoms with E-state index in [0.717, 1.165) is 16.6 Å². The molecule has 0 bridgehead atoms. The lowest BCUT2D eigenvalue weighted by Crippen LogP contribution is -2.68. The molecule has 38 heavy (non-hydrogen) atoms. The summed E-state index contributed by atoms with van der Waals surface area (Å²) in [4.78, 5) is 12.5. The molecule has 0 radical (unpaired) electrons. The number of rotatable bonds is 8. The second-order valence-corrected chi connectivity index (χ2v) is 17.3. The number of carbonyl (C=O) groups excluding carboxylic acids is 1. The van der Waals surface area contributed by atoms with Crippen LogP contribution in [-0.4, -0.2) is 34.7 Å². The molecule has 0 heterocycles. The summed E-state index contributed by atoms with van der Waals surface area (Å²) in [5.41, 5.74) is 0.346. The van der Waals surface area contributed by atoms with Gasteiger partial charge in [0.25, 0.3) is 0 Å². The first-order valence-corrected chi connectivity index (χ1v) is 16.3. The predicted octanol–water partition coefficient (Wildman–Crippen LogP) is 5.02. The monoisotopic (exact) mass is 554 g/mol. The highest BCUT2D eigenvalue weighted by molar-refractivity contribution is 7.92. The highest BCUT2D eigenvalue weighted by Gasteiger charge is 2.52. The van der Waals surface area contributed by atoms with Crippen molar-refractivity contribution in [1.29, 1.82) is 0 Å². The Morgan fingerprint density at radius 2 is 1.37 bits per heavy atom. The van der Waals surface area contributed by atoms with Gasteiger partial charge in [0.15, 0.2) is 0 Å². The predicted molar refractivity (Wildman–Crippen MR) is 156 cm³/mol. The fraction of sp³-hybridized carbons (Fsp3) is 0.345. The van der Waals surface area contributed by atoms with Crippen LogP contribution in [0, 0.1) is 0 Å². The van der Waals surface area contributed by atoms with Crippen molar-refractivity contribution in [3.05, 3.63) is 84.4 Å². The van der Waals surface area contributed by atoms with Gasteiger partial charge in [0, 0.05) is 17.8 Å². The van der Waals surface area contributed by atoms with E-state index in [4.69, 9.17) is 9.16 Å². The molecule has 0 aliphatic heterocycles. The summed E-state index contributed by atoms with van der Waals surface area (Å²) in [6.45, 7) is 12.0. The fourth-order valence-electron chi connectivity index (χ4n) is 4.39. The molecule has 0 aromatic heterocycles. The standard InChI is InChI=1S/C29H38N2O5SSi/c1-28(2,3)35-27(32)30-21-22-20-23(31-37(7,33)34)18-19-26(22)36-38(29(4,5)6,24-14-10-8-11-15-24)25-16-12-9-13-17-25/h8-20,31H,21H2,1-7H3,(H,30,32). The van der Waals surface area contributed by atoms with Crippen molar-refractivity contribution >= 4 is 40.5 Å². The minimum Gasteiger partial charge on any atom is -0.534 e. The smallest absolute Gasteiger partial charge is 0.407 e. The van der Waals surface area contributed by atoms with E-state index < -0.39 is 30.0 Å². The van der Waals surface area contributed by atoms with Crippen LogP contribution < -0.4 is 24.8 Å². The molecule has 0 aliphatic rings. The number of nitrogens with one attached hydrogen (secondary N) is 2. The number of amides is 1. The van der Waals surface area contributed by atoms with Gasteiger partial charge in [-0.2, -0.15) is 0 Å². The highest BCUT2D eigenvalue weighted by atomic mass is 32.2. The minimum atomic E-state index is -3.50. The Balaban J connectivity index is 2.15. The maximum atomic E-state index is 12.5. The van der Waals surface area contributed by atoms with Crippen molar-refractivity contribution in [2.75, 3.05) is 11.0 Å². The third-order valence-electron chi connectivity index (χ3n) is 5.87. The first-order chi connectivity index (χ1) is 17.6. The Hall–Kier alpha value is -3.30. The first-order valence-electron chi connectivity index (χ1n) is 12.5. The number of hydrogen-bond donors (Lipinski definition) is 2. The lowest BCUT2D eigenvalue weighted by molar-refractivity contribution is 0.0523. The zero-order valence-electron chi connectivity index (χ0n) is 23.2. The molecule has 7 nitrogen and oxygen atoms in total. The molecule has 2 N–H and O–H groups in total. The van der Waals surface area contributed by atoms with Gasteiger partial charge in [0.05, 0.1) is 6.26 Å². The number of benzene rings is 3. The lowest BCUT2D eigenvalue weighted by atomic mass is 10.2. The van der Waals surface area contributed by atoms with Gasteiger partial charge in [0.2, 0.25) is 10.0 Å². The quantitative estimate of drug-likeness (QED) is 0.381. The molecule has 3 rings (SSSR count). The molecule has 0 fully saturated rings. The van der Waals surface area contributed by atoms with Crippen molar-refractivity contribution in [3.63, 3.8) is 0 Å². The maximum absolute atomic E-state index is 12.5. The molecule has 0 atom stereocenters. The summed E-state index contributed by atoms with van der Waals surface area (Å²) in [7, 11) is -6.46. The van der Waals surface area contributed by atoms with Crippen molar-refractivity contribution in [1.82, 2.24) is 5.32 Å². The Morgan fingerprint density at radius 3 is 1.82 bits per heavy atom. The fourth-order valence-corrected chi connectivity index (χ4v) is 9.41. The zero-order chi connectivity index (χ0) is 28.2. The van der Waals surface area contributed by atoms with Gasteiger partial charge in [0.1, 0.15) is 11.4 Å². The molecule has 204 valence electrons. The molecule has 9 heteroatoms. The van der Waals surface area contributed by atoms with E-state index >= 15 is 0 Å². The normalized spacial score (nSPS) is 12.5. The number of sulfonamides is 1. The van der Waals surface area contributed by atoms with Gasteiger partial charge in [-0.3, -0.25) is 4.72 Å². The van der Waals surface area contributed by atoms with Gasteiger partial charge in [-0.25, -0.2) is 13.2 Å². The van der Waals surface area contributed by atoms with E-state index in [0.29, 0.717) is 17.0 Å². The first kappa shape index (κ1) is 29.3. The molecule has 0 saturated heterocycles. The molecule has 3 aromatic rings. The van der Waals surface area contributed by atoms with Crippen molar-refractivity contribution in [2.45, 2.75) is 58.7 Å². The number of ether oxygens (including phenoxy) is 1. The van der Waals surface area contributed by atoms with E-state index in [9.17, 15) is 13.2 Å². The minimum absolute atomic E-state index is 0.0851. The van der Waals surface area contributed by atoms with Gasteiger partial charge in [-0.15, -0.1) is 0 Å². The van der Waals surface area contributed by atoms with Crippen molar-refractivity contribution in [2.24, 2.45) is 0 Å². The second kappa shape index (κ2) is 11.2. The third-order valence-corrected chi connectivity index (χ3v) is 11.4. The Kier molecular flexibility index (Phi) is 8.63. The molecular weight excluding hydrogens is 516 g/mol. The van der Waals surface area contributed by atoms with Crippen LogP contribution >= 0.6 is 0 Å². The van der Waals surface area contributed by atoms with Crippen LogP contribution in [-0.2, 0) is 21.3 Å². The Bertz CT molecular complexity index is 1310. The van der Waals surface area contributed by atoms with Crippen LogP contribution in [0.3, 0.4) is 0 Å². The Morgan fingerprint density at radius 1 is 0.842 bits per heavy atom. The molecule has 1 amide bonds. The molecule has 0 aliphatic carbocycles. The van der Waals surface area contributed by atoms with E-state index in [-0.39, 0.29) is 11.6 Å². The average Bonchev–Trinajstić information content (AvgIpc) is 2.80. The molecular formula is C29H38N2O5SSi. The average molecular weight is 555 g/mol. The molecule has 0 unspecified atom stereocenters. The van der Waals surface area contributed by atoms with E-state index in [1.54, 1.807) is 39.0 Å². The molecule has 3 aromatic carbocycles. The third kappa shape index (κ3) is 7.38. The number of carbonyl (C=O) groups is 1. The van der Waals surface area contributed by atoms with Crippen LogP contribution in [0.15, 0.2) is 78.9 Å². The van der Waals surface area contributed by atoms with Gasteiger partial charge in [-0.1, -0.05) is 81.4 Å². The topological polar surface area (TPSA) is 93.7 Å². The number of anilines is 1. The van der Waals surface area contributed by atoms with Crippen LogP contribution in [0.25, 0.3) is 0 Å². The summed E-state index contributed by atoms with van der Waals surface area (Å²) >= 11 is 0. The van der Waals surface area contributed by atoms with Crippen LogP contribution in [0.4, 0.5) is 10.5 Å². The summed E-state index contributed by atoms with van der Waals surface area (Å²) < 4.78 is 38.9. The summed E-state index contributed by atoms with van der Waals surface area (Å²) in [6, 6.07) is 25.5. The van der Waals surface area contributed by atoms with Crippen LogP contribution in [0.5, 0.6) is 5.75 Å². The van der Waals surface area contributed by atoms with Crippen molar-refractivity contribution < 1.29 is 22.4 Å². The second-order valence-electron chi connectivity index (χ2n) is 11.3. The number of hydrogen-bond acceptors (Lipinski definition) is 5. The summed E-state index contributed by atoms with van der Waals surface area (Å²) in [5.74, 6) is 0.564. The SMILES string of the molecule is CC(C)(C)OC(=O)NCc1cc(NS(C)(=O)=O)ccc1O[Si](c1ccccc1)(c1ccccc1)C(C)(C)C.